The van der Waals surface area contributed by atoms with E-state index in [-0.39, 0.29) is 11.3 Å². The number of hydrogen-bond acceptors (Lipinski definition) is 7. The number of carboxylic acids is 1. The topological polar surface area (TPSA) is 168 Å². The molecule has 1 rings (SSSR count). The molecule has 0 saturated heterocycles. The van der Waals surface area contributed by atoms with Gasteiger partial charge in [-0.3, -0.25) is 4.79 Å². The first kappa shape index (κ1) is 18.0. The summed E-state index contributed by atoms with van der Waals surface area (Å²) in [5, 5.41) is 57.2. The lowest BCUT2D eigenvalue weighted by molar-refractivity contribution is -0.144. The van der Waals surface area contributed by atoms with Crippen LogP contribution < -0.4 is 5.32 Å². The van der Waals surface area contributed by atoms with Crippen LogP contribution in [0.2, 0.25) is 0 Å². The number of carbonyl (C=O) groups is 2. The number of anilines is 1. The Labute approximate surface area is 125 Å². The molecule has 0 aliphatic rings. The number of aliphatic hydroxyl groups is 5. The van der Waals surface area contributed by atoms with Crippen LogP contribution in [-0.2, 0) is 4.79 Å². The zero-order valence-corrected chi connectivity index (χ0v) is 11.3. The zero-order valence-electron chi connectivity index (χ0n) is 11.3. The maximum atomic E-state index is 11.7. The summed E-state index contributed by atoms with van der Waals surface area (Å²) < 4.78 is 0. The van der Waals surface area contributed by atoms with Gasteiger partial charge in [-0.2, -0.15) is 0 Å². The van der Waals surface area contributed by atoms with E-state index < -0.39 is 42.9 Å². The second-order valence-electron chi connectivity index (χ2n) is 4.55. The van der Waals surface area contributed by atoms with E-state index in [4.69, 9.17) is 15.3 Å². The molecule has 0 fully saturated rings. The van der Waals surface area contributed by atoms with Crippen LogP contribution >= 0.6 is 0 Å². The number of hydrogen-bond donors (Lipinski definition) is 7. The second-order valence-corrected chi connectivity index (χ2v) is 4.55. The molecule has 0 aliphatic carbocycles. The Kier molecular flexibility index (Phi) is 6.40. The molecule has 1 aromatic rings. The van der Waals surface area contributed by atoms with Crippen LogP contribution in [0.3, 0.4) is 0 Å². The molecule has 0 aromatic heterocycles. The number of rotatable bonds is 7. The van der Waals surface area contributed by atoms with Gasteiger partial charge in [-0.1, -0.05) is 0 Å². The summed E-state index contributed by atoms with van der Waals surface area (Å²) in [6.07, 6.45) is -7.71. The summed E-state index contributed by atoms with van der Waals surface area (Å²) >= 11 is 0. The molecular weight excluding hydrogens is 298 g/mol. The van der Waals surface area contributed by atoms with Crippen molar-refractivity contribution in [1.82, 2.24) is 0 Å². The van der Waals surface area contributed by atoms with Gasteiger partial charge >= 0.3 is 5.97 Å². The van der Waals surface area contributed by atoms with E-state index in [0.29, 0.717) is 0 Å². The van der Waals surface area contributed by atoms with Crippen molar-refractivity contribution >= 4 is 17.6 Å². The SMILES string of the molecule is O=C(O)c1ccc(NC(=O)[C@@H](O)[C@@H](O)[C@H](O)[C@H](O)CO)cc1. The van der Waals surface area contributed by atoms with Gasteiger partial charge in [0.05, 0.1) is 12.2 Å². The van der Waals surface area contributed by atoms with Crippen LogP contribution in [0.4, 0.5) is 5.69 Å². The maximum Gasteiger partial charge on any atom is 0.335 e. The first-order valence-corrected chi connectivity index (χ1v) is 6.25. The van der Waals surface area contributed by atoms with Crippen molar-refractivity contribution in [3.63, 3.8) is 0 Å². The Hall–Kier alpha value is -2.04. The van der Waals surface area contributed by atoms with Gasteiger partial charge in [-0.15, -0.1) is 0 Å². The first-order valence-electron chi connectivity index (χ1n) is 6.25. The van der Waals surface area contributed by atoms with Crippen LogP contribution in [0, 0.1) is 0 Å². The van der Waals surface area contributed by atoms with Gasteiger partial charge in [0.1, 0.15) is 18.3 Å². The lowest BCUT2D eigenvalue weighted by Crippen LogP contribution is -2.50. The summed E-state index contributed by atoms with van der Waals surface area (Å²) in [5.41, 5.74) is 0.165. The third-order valence-corrected chi connectivity index (χ3v) is 2.92. The molecular formula is C13H17NO8. The quantitative estimate of drug-likeness (QED) is 0.296. The van der Waals surface area contributed by atoms with E-state index in [1.165, 1.54) is 24.3 Å². The van der Waals surface area contributed by atoms with E-state index >= 15 is 0 Å². The third-order valence-electron chi connectivity index (χ3n) is 2.92. The highest BCUT2D eigenvalue weighted by Gasteiger charge is 2.34. The fourth-order valence-electron chi connectivity index (χ4n) is 1.59. The van der Waals surface area contributed by atoms with Crippen molar-refractivity contribution in [2.24, 2.45) is 0 Å². The fourth-order valence-corrected chi connectivity index (χ4v) is 1.59. The molecule has 0 heterocycles. The van der Waals surface area contributed by atoms with Gasteiger partial charge in [0.15, 0.2) is 6.10 Å². The van der Waals surface area contributed by atoms with E-state index in [9.17, 15) is 24.9 Å². The van der Waals surface area contributed by atoms with Crippen LogP contribution in [-0.4, -0.2) is 73.5 Å². The number of nitrogens with one attached hydrogen (secondary N) is 1. The molecule has 0 aliphatic heterocycles. The van der Waals surface area contributed by atoms with Crippen molar-refractivity contribution in [3.05, 3.63) is 29.8 Å². The summed E-state index contributed by atoms with van der Waals surface area (Å²) in [6.45, 7) is -0.858. The molecule has 0 bridgehead atoms. The second kappa shape index (κ2) is 7.82. The molecule has 22 heavy (non-hydrogen) atoms. The van der Waals surface area contributed by atoms with Crippen molar-refractivity contribution < 1.29 is 40.2 Å². The predicted molar refractivity (Wildman–Crippen MR) is 73.1 cm³/mol. The van der Waals surface area contributed by atoms with Crippen molar-refractivity contribution in [2.45, 2.75) is 24.4 Å². The van der Waals surface area contributed by atoms with E-state index in [2.05, 4.69) is 5.32 Å². The molecule has 0 radical (unpaired) electrons. The van der Waals surface area contributed by atoms with Crippen molar-refractivity contribution in [2.75, 3.05) is 11.9 Å². The molecule has 1 amide bonds. The summed E-state index contributed by atoms with van der Waals surface area (Å²) in [4.78, 5) is 22.4. The minimum absolute atomic E-state index is 0.0000671. The highest BCUT2D eigenvalue weighted by atomic mass is 16.4. The molecule has 9 nitrogen and oxygen atoms in total. The first-order chi connectivity index (χ1) is 10.3. The molecule has 9 heteroatoms. The Morgan fingerprint density at radius 3 is 2.00 bits per heavy atom. The lowest BCUT2D eigenvalue weighted by Gasteiger charge is -2.24. The number of carboxylic acid groups (broad SMARTS) is 1. The molecule has 0 saturated carbocycles. The van der Waals surface area contributed by atoms with Crippen LogP contribution in [0.1, 0.15) is 10.4 Å². The van der Waals surface area contributed by atoms with E-state index in [1.54, 1.807) is 0 Å². The molecule has 7 N–H and O–H groups in total. The number of benzene rings is 1. The van der Waals surface area contributed by atoms with Gasteiger partial charge in [0.2, 0.25) is 0 Å². The summed E-state index contributed by atoms with van der Waals surface area (Å²) in [6, 6.07) is 5.01. The van der Waals surface area contributed by atoms with Crippen molar-refractivity contribution in [3.8, 4) is 0 Å². The average molecular weight is 315 g/mol. The molecule has 0 unspecified atom stereocenters. The summed E-state index contributed by atoms with van der Waals surface area (Å²) in [7, 11) is 0. The van der Waals surface area contributed by atoms with Gasteiger partial charge in [0, 0.05) is 5.69 Å². The standard InChI is InChI=1S/C13H17NO8/c15-5-8(16)9(17)10(18)11(19)12(20)14-7-3-1-6(2-4-7)13(21)22/h1-4,8-11,15-19H,5H2,(H,14,20)(H,21,22)/t8-,9-,10+,11+/m1/s1. The Morgan fingerprint density at radius 1 is 1.00 bits per heavy atom. The lowest BCUT2D eigenvalue weighted by atomic mass is 10.0. The van der Waals surface area contributed by atoms with Crippen molar-refractivity contribution in [1.29, 1.82) is 0 Å². The highest BCUT2D eigenvalue weighted by Crippen LogP contribution is 2.12. The monoisotopic (exact) mass is 315 g/mol. The predicted octanol–water partition coefficient (Wildman–Crippen LogP) is -2.24. The molecule has 1 aromatic carbocycles. The zero-order chi connectivity index (χ0) is 16.9. The van der Waals surface area contributed by atoms with Gasteiger partial charge in [-0.05, 0) is 24.3 Å². The van der Waals surface area contributed by atoms with Gasteiger partial charge in [-0.25, -0.2) is 4.79 Å². The fraction of sp³-hybridized carbons (Fsp3) is 0.385. The Balaban J connectivity index is 2.69. The summed E-state index contributed by atoms with van der Waals surface area (Å²) in [5.74, 6) is -2.21. The number of carbonyl (C=O) groups excluding carboxylic acids is 1. The number of aliphatic hydroxyl groups excluding tert-OH is 5. The Morgan fingerprint density at radius 2 is 1.55 bits per heavy atom. The number of aromatic carboxylic acids is 1. The normalized spacial score (nSPS) is 16.4. The molecule has 122 valence electrons. The minimum Gasteiger partial charge on any atom is -0.478 e. The average Bonchev–Trinajstić information content (AvgIpc) is 2.52. The largest absolute Gasteiger partial charge is 0.478 e. The number of amides is 1. The van der Waals surface area contributed by atoms with Crippen LogP contribution in [0.15, 0.2) is 24.3 Å². The van der Waals surface area contributed by atoms with Crippen LogP contribution in [0.25, 0.3) is 0 Å². The highest BCUT2D eigenvalue weighted by molar-refractivity contribution is 5.95. The smallest absolute Gasteiger partial charge is 0.335 e. The van der Waals surface area contributed by atoms with Crippen LogP contribution in [0.5, 0.6) is 0 Å². The molecule has 0 spiro atoms. The third kappa shape index (κ3) is 4.48. The van der Waals surface area contributed by atoms with E-state index in [0.717, 1.165) is 0 Å². The molecule has 4 atom stereocenters. The van der Waals surface area contributed by atoms with Gasteiger partial charge in [0.25, 0.3) is 5.91 Å². The van der Waals surface area contributed by atoms with E-state index in [1.807, 2.05) is 0 Å². The minimum atomic E-state index is -2.06. The Bertz CT molecular complexity index is 517. The maximum absolute atomic E-state index is 11.7. The van der Waals surface area contributed by atoms with Gasteiger partial charge < -0.3 is 36.0 Å².